The highest BCUT2D eigenvalue weighted by Gasteiger charge is 2.05. The molecule has 0 aliphatic rings. The van der Waals surface area contributed by atoms with Crippen molar-refractivity contribution in [3.8, 4) is 5.75 Å². The Bertz CT molecular complexity index is 589. The van der Waals surface area contributed by atoms with Crippen molar-refractivity contribution >= 4 is 34.0 Å². The molecule has 0 bridgehead atoms. The van der Waals surface area contributed by atoms with Gasteiger partial charge >= 0.3 is 0 Å². The number of rotatable bonds is 6. The number of ether oxygens (including phenoxy) is 1. The standard InChI is InChI=1S/C13H14ClN3O2S/c1-9-8-16-13(20-9)17-12(18)3-2-6-19-10-4-5-15-11(14)7-10/h4-5,7-8H,2-3,6H2,1H3,(H,16,17,18). The molecule has 0 spiro atoms. The van der Waals surface area contributed by atoms with E-state index in [1.807, 2.05) is 6.92 Å². The van der Waals surface area contributed by atoms with E-state index in [2.05, 4.69) is 15.3 Å². The van der Waals surface area contributed by atoms with E-state index < -0.39 is 0 Å². The van der Waals surface area contributed by atoms with Crippen molar-refractivity contribution in [3.05, 3.63) is 34.6 Å². The van der Waals surface area contributed by atoms with Crippen LogP contribution in [0.4, 0.5) is 5.13 Å². The summed E-state index contributed by atoms with van der Waals surface area (Å²) in [7, 11) is 0. The van der Waals surface area contributed by atoms with Gasteiger partial charge in [-0.15, -0.1) is 11.3 Å². The van der Waals surface area contributed by atoms with Gasteiger partial charge in [-0.1, -0.05) is 11.6 Å². The number of anilines is 1. The van der Waals surface area contributed by atoms with Gasteiger partial charge in [0.25, 0.3) is 0 Å². The average molecular weight is 312 g/mol. The molecule has 0 aliphatic carbocycles. The minimum absolute atomic E-state index is 0.0595. The first-order valence-electron chi connectivity index (χ1n) is 6.10. The number of carbonyl (C=O) groups is 1. The molecule has 0 unspecified atom stereocenters. The first-order chi connectivity index (χ1) is 9.63. The number of thiazole rings is 1. The van der Waals surface area contributed by atoms with Gasteiger partial charge in [-0.2, -0.15) is 0 Å². The number of aryl methyl sites for hydroxylation is 1. The van der Waals surface area contributed by atoms with Crippen molar-refractivity contribution in [1.29, 1.82) is 0 Å². The molecular formula is C13H14ClN3O2S. The van der Waals surface area contributed by atoms with Gasteiger partial charge in [0.15, 0.2) is 5.13 Å². The summed E-state index contributed by atoms with van der Waals surface area (Å²) in [5, 5.41) is 3.77. The zero-order valence-corrected chi connectivity index (χ0v) is 12.5. The first-order valence-corrected chi connectivity index (χ1v) is 7.29. The lowest BCUT2D eigenvalue weighted by Crippen LogP contribution is -2.12. The third-order valence-electron chi connectivity index (χ3n) is 2.38. The molecule has 2 heterocycles. The fraction of sp³-hybridized carbons (Fsp3) is 0.308. The lowest BCUT2D eigenvalue weighted by Gasteiger charge is -2.05. The molecular weight excluding hydrogens is 298 g/mol. The summed E-state index contributed by atoms with van der Waals surface area (Å²) in [5.41, 5.74) is 0. The van der Waals surface area contributed by atoms with Crippen LogP contribution in [-0.4, -0.2) is 22.5 Å². The molecule has 0 aromatic carbocycles. The van der Waals surface area contributed by atoms with Gasteiger partial charge < -0.3 is 10.1 Å². The quantitative estimate of drug-likeness (QED) is 0.656. The molecule has 2 aromatic rings. The molecule has 0 saturated heterocycles. The van der Waals surface area contributed by atoms with Crippen LogP contribution >= 0.6 is 22.9 Å². The van der Waals surface area contributed by atoms with Crippen molar-refractivity contribution in [2.24, 2.45) is 0 Å². The summed E-state index contributed by atoms with van der Waals surface area (Å²) < 4.78 is 5.47. The maximum Gasteiger partial charge on any atom is 0.226 e. The van der Waals surface area contributed by atoms with Gasteiger partial charge in [0.1, 0.15) is 10.9 Å². The predicted molar refractivity (Wildman–Crippen MR) is 79.5 cm³/mol. The smallest absolute Gasteiger partial charge is 0.226 e. The van der Waals surface area contributed by atoms with Crippen LogP contribution in [0.15, 0.2) is 24.5 Å². The molecule has 0 radical (unpaired) electrons. The molecule has 0 fully saturated rings. The molecule has 0 aliphatic heterocycles. The fourth-order valence-electron chi connectivity index (χ4n) is 1.49. The van der Waals surface area contributed by atoms with Crippen molar-refractivity contribution in [2.45, 2.75) is 19.8 Å². The average Bonchev–Trinajstić information content (AvgIpc) is 2.80. The molecule has 1 N–H and O–H groups in total. The molecule has 7 heteroatoms. The van der Waals surface area contributed by atoms with Crippen LogP contribution in [0.5, 0.6) is 5.75 Å². The van der Waals surface area contributed by atoms with E-state index in [1.54, 1.807) is 24.5 Å². The number of amides is 1. The van der Waals surface area contributed by atoms with Gasteiger partial charge in [-0.25, -0.2) is 9.97 Å². The normalized spacial score (nSPS) is 10.3. The van der Waals surface area contributed by atoms with E-state index in [0.29, 0.717) is 35.5 Å². The van der Waals surface area contributed by atoms with E-state index in [4.69, 9.17) is 16.3 Å². The monoisotopic (exact) mass is 311 g/mol. The number of hydrogen-bond donors (Lipinski definition) is 1. The van der Waals surface area contributed by atoms with Crippen LogP contribution in [0.2, 0.25) is 5.15 Å². The number of halogens is 1. The van der Waals surface area contributed by atoms with Gasteiger partial charge in [0, 0.05) is 29.8 Å². The third kappa shape index (κ3) is 4.79. The van der Waals surface area contributed by atoms with Crippen LogP contribution < -0.4 is 10.1 Å². The number of nitrogens with zero attached hydrogens (tertiary/aromatic N) is 2. The summed E-state index contributed by atoms with van der Waals surface area (Å²) in [4.78, 5) is 20.7. The second kappa shape index (κ2) is 7.21. The zero-order chi connectivity index (χ0) is 14.4. The molecule has 5 nitrogen and oxygen atoms in total. The lowest BCUT2D eigenvalue weighted by atomic mass is 10.3. The maximum atomic E-state index is 11.7. The molecule has 0 atom stereocenters. The number of pyridine rings is 1. The Kier molecular flexibility index (Phi) is 5.31. The number of nitrogens with one attached hydrogen (secondary N) is 1. The Hall–Kier alpha value is -1.66. The highest BCUT2D eigenvalue weighted by molar-refractivity contribution is 7.15. The molecule has 2 aromatic heterocycles. The van der Waals surface area contributed by atoms with Crippen molar-refractivity contribution in [3.63, 3.8) is 0 Å². The SMILES string of the molecule is Cc1cnc(NC(=O)CCCOc2ccnc(Cl)c2)s1. The summed E-state index contributed by atoms with van der Waals surface area (Å²) in [5.74, 6) is 0.594. The van der Waals surface area contributed by atoms with Crippen LogP contribution in [0.25, 0.3) is 0 Å². The van der Waals surface area contributed by atoms with Crippen molar-refractivity contribution in [2.75, 3.05) is 11.9 Å². The summed E-state index contributed by atoms with van der Waals surface area (Å²) in [6, 6.07) is 3.37. The second-order valence-corrected chi connectivity index (χ2v) is 5.71. The van der Waals surface area contributed by atoms with E-state index >= 15 is 0 Å². The van der Waals surface area contributed by atoms with Crippen molar-refractivity contribution in [1.82, 2.24) is 9.97 Å². The van der Waals surface area contributed by atoms with E-state index in [1.165, 1.54) is 11.3 Å². The molecule has 0 saturated carbocycles. The van der Waals surface area contributed by atoms with Crippen LogP contribution in [0.1, 0.15) is 17.7 Å². The van der Waals surface area contributed by atoms with Gasteiger partial charge in [-0.3, -0.25) is 4.79 Å². The largest absolute Gasteiger partial charge is 0.493 e. The van der Waals surface area contributed by atoms with Crippen LogP contribution in [0.3, 0.4) is 0 Å². The molecule has 2 rings (SSSR count). The minimum Gasteiger partial charge on any atom is -0.493 e. The predicted octanol–water partition coefficient (Wildman–Crippen LogP) is 3.30. The van der Waals surface area contributed by atoms with Crippen molar-refractivity contribution < 1.29 is 9.53 Å². The Morgan fingerprint density at radius 2 is 2.35 bits per heavy atom. The molecule has 1 amide bonds. The molecule has 106 valence electrons. The Morgan fingerprint density at radius 3 is 3.05 bits per heavy atom. The Labute approximate surface area is 126 Å². The highest BCUT2D eigenvalue weighted by Crippen LogP contribution is 2.17. The van der Waals surface area contributed by atoms with Gasteiger partial charge in [0.2, 0.25) is 5.91 Å². The van der Waals surface area contributed by atoms with Gasteiger partial charge in [0.05, 0.1) is 6.61 Å². The number of hydrogen-bond acceptors (Lipinski definition) is 5. The van der Waals surface area contributed by atoms with Crippen LogP contribution in [-0.2, 0) is 4.79 Å². The third-order valence-corrected chi connectivity index (χ3v) is 3.42. The maximum absolute atomic E-state index is 11.7. The topological polar surface area (TPSA) is 64.1 Å². The Balaban J connectivity index is 1.67. The van der Waals surface area contributed by atoms with Gasteiger partial charge in [-0.05, 0) is 19.4 Å². The summed E-state index contributed by atoms with van der Waals surface area (Å²) >= 11 is 7.20. The van der Waals surface area contributed by atoms with E-state index in [0.717, 1.165) is 4.88 Å². The second-order valence-electron chi connectivity index (χ2n) is 4.09. The lowest BCUT2D eigenvalue weighted by molar-refractivity contribution is -0.116. The van der Waals surface area contributed by atoms with E-state index in [9.17, 15) is 4.79 Å². The summed E-state index contributed by atoms with van der Waals surface area (Å²) in [6.07, 6.45) is 4.32. The summed E-state index contributed by atoms with van der Waals surface area (Å²) in [6.45, 7) is 2.39. The highest BCUT2D eigenvalue weighted by atomic mass is 35.5. The number of carbonyl (C=O) groups excluding carboxylic acids is 1. The molecule has 20 heavy (non-hydrogen) atoms. The minimum atomic E-state index is -0.0595. The van der Waals surface area contributed by atoms with E-state index in [-0.39, 0.29) is 5.91 Å². The zero-order valence-electron chi connectivity index (χ0n) is 10.9. The Morgan fingerprint density at radius 1 is 1.50 bits per heavy atom. The fourth-order valence-corrected chi connectivity index (χ4v) is 2.34. The van der Waals surface area contributed by atoms with Crippen LogP contribution in [0, 0.1) is 6.92 Å². The number of aromatic nitrogens is 2. The first kappa shape index (κ1) is 14.7.